The van der Waals surface area contributed by atoms with E-state index < -0.39 is 0 Å². The van der Waals surface area contributed by atoms with Gasteiger partial charge < -0.3 is 14.3 Å². The predicted molar refractivity (Wildman–Crippen MR) is 198 cm³/mol. The zero-order chi connectivity index (χ0) is 32.2. The van der Waals surface area contributed by atoms with Crippen LogP contribution < -0.4 is 0 Å². The Labute approximate surface area is 279 Å². The molecule has 0 spiro atoms. The summed E-state index contributed by atoms with van der Waals surface area (Å²) in [4.78, 5) is 0. The van der Waals surface area contributed by atoms with Crippen LogP contribution in [0.1, 0.15) is 206 Å². The van der Waals surface area contributed by atoms with Gasteiger partial charge in [0.1, 0.15) is 12.6 Å². The van der Waals surface area contributed by atoms with Crippen LogP contribution in [0.5, 0.6) is 0 Å². The van der Waals surface area contributed by atoms with Gasteiger partial charge in [-0.25, -0.2) is 0 Å². The minimum absolute atomic E-state index is 0.347. The predicted octanol–water partition coefficient (Wildman–Crippen LogP) is 12.7. The SMILES string of the molecule is CCCCCCCCC=CCCCCCCCC[N+](C)(C)CC(O)COCCCCCCCCCCCCCCCCCC. The number of aliphatic hydroxyl groups is 1. The number of hydrogen-bond donors (Lipinski definition) is 1. The van der Waals surface area contributed by atoms with Gasteiger partial charge in [-0.1, -0.05) is 174 Å². The first-order valence-corrected chi connectivity index (χ1v) is 20.2. The van der Waals surface area contributed by atoms with E-state index in [4.69, 9.17) is 4.74 Å². The lowest BCUT2D eigenvalue weighted by Gasteiger charge is -2.32. The highest BCUT2D eigenvalue weighted by atomic mass is 16.5. The summed E-state index contributed by atoms with van der Waals surface area (Å²) in [6.07, 6.45) is 45.8. The molecular formula is C41H84NO2+. The van der Waals surface area contributed by atoms with Gasteiger partial charge in [0.25, 0.3) is 0 Å². The Balaban J connectivity index is 3.41. The van der Waals surface area contributed by atoms with Crippen LogP contribution in [0.4, 0.5) is 0 Å². The Morgan fingerprint density at radius 2 is 0.818 bits per heavy atom. The molecule has 0 aliphatic rings. The standard InChI is InChI=1S/C41H84NO2/c1-5-7-9-11-13-15-17-19-21-23-25-27-29-31-33-35-37-42(3,4)39-41(43)40-44-38-36-34-32-30-28-26-24-22-20-18-16-14-12-10-8-6-2/h19,21,41,43H,5-18,20,22-40H2,1-4H3/q+1. The Morgan fingerprint density at radius 3 is 1.23 bits per heavy atom. The summed E-state index contributed by atoms with van der Waals surface area (Å²) in [6.45, 7) is 7.83. The Bertz CT molecular complexity index is 561. The number of hydrogen-bond acceptors (Lipinski definition) is 2. The Hall–Kier alpha value is -0.380. The van der Waals surface area contributed by atoms with E-state index in [2.05, 4.69) is 40.1 Å². The molecule has 0 saturated heterocycles. The minimum Gasteiger partial charge on any atom is -0.385 e. The van der Waals surface area contributed by atoms with Crippen molar-refractivity contribution in [3.63, 3.8) is 0 Å². The van der Waals surface area contributed by atoms with Gasteiger partial charge in [-0.3, -0.25) is 0 Å². The van der Waals surface area contributed by atoms with Gasteiger partial charge in [0.2, 0.25) is 0 Å². The zero-order valence-corrected chi connectivity index (χ0v) is 31.1. The molecular weight excluding hydrogens is 538 g/mol. The van der Waals surface area contributed by atoms with E-state index in [1.165, 1.54) is 186 Å². The largest absolute Gasteiger partial charge is 0.385 e. The lowest BCUT2D eigenvalue weighted by Crippen LogP contribution is -2.47. The first kappa shape index (κ1) is 43.6. The molecule has 0 amide bonds. The normalized spacial score (nSPS) is 12.9. The Morgan fingerprint density at radius 1 is 0.477 bits per heavy atom. The average Bonchev–Trinajstić information content (AvgIpc) is 3.00. The van der Waals surface area contributed by atoms with Crippen molar-refractivity contribution < 1.29 is 14.3 Å². The highest BCUT2D eigenvalue weighted by Gasteiger charge is 2.20. The van der Waals surface area contributed by atoms with Crippen molar-refractivity contribution in [1.82, 2.24) is 0 Å². The van der Waals surface area contributed by atoms with E-state index in [-0.39, 0.29) is 6.10 Å². The smallest absolute Gasteiger partial charge is 0.126 e. The maximum absolute atomic E-state index is 10.5. The number of likely N-dealkylation sites (N-methyl/N-ethyl adjacent to an activating group) is 1. The number of quaternary nitrogens is 1. The van der Waals surface area contributed by atoms with E-state index in [0.717, 1.165) is 30.6 Å². The molecule has 264 valence electrons. The van der Waals surface area contributed by atoms with Crippen molar-refractivity contribution >= 4 is 0 Å². The summed E-state index contributed by atoms with van der Waals surface area (Å²) < 4.78 is 6.73. The average molecular weight is 623 g/mol. The van der Waals surface area contributed by atoms with E-state index in [1.807, 2.05) is 0 Å². The third kappa shape index (κ3) is 36.1. The van der Waals surface area contributed by atoms with Crippen LogP contribution in [0.3, 0.4) is 0 Å². The first-order chi connectivity index (χ1) is 21.5. The quantitative estimate of drug-likeness (QED) is 0.0424. The molecule has 0 bridgehead atoms. The van der Waals surface area contributed by atoms with Gasteiger partial charge in [-0.15, -0.1) is 0 Å². The highest BCUT2D eigenvalue weighted by Crippen LogP contribution is 2.15. The number of aliphatic hydroxyl groups excluding tert-OH is 1. The monoisotopic (exact) mass is 623 g/mol. The lowest BCUT2D eigenvalue weighted by atomic mass is 10.0. The van der Waals surface area contributed by atoms with Gasteiger partial charge in [0.05, 0.1) is 27.2 Å². The van der Waals surface area contributed by atoms with Crippen molar-refractivity contribution in [2.45, 2.75) is 213 Å². The van der Waals surface area contributed by atoms with E-state index >= 15 is 0 Å². The van der Waals surface area contributed by atoms with Gasteiger partial charge in [0, 0.05) is 6.61 Å². The molecule has 0 aliphatic carbocycles. The summed E-state index contributed by atoms with van der Waals surface area (Å²) in [5.41, 5.74) is 0. The number of nitrogens with zero attached hydrogens (tertiary/aromatic N) is 1. The zero-order valence-electron chi connectivity index (χ0n) is 31.1. The number of unbranched alkanes of at least 4 members (excludes halogenated alkanes) is 27. The number of allylic oxidation sites excluding steroid dienone is 2. The van der Waals surface area contributed by atoms with Crippen LogP contribution in [-0.2, 0) is 4.74 Å². The molecule has 0 fully saturated rings. The van der Waals surface area contributed by atoms with Crippen LogP contribution in [-0.4, -0.2) is 56.1 Å². The molecule has 0 heterocycles. The van der Waals surface area contributed by atoms with Crippen molar-refractivity contribution in [3.8, 4) is 0 Å². The second-order valence-corrected chi connectivity index (χ2v) is 14.8. The molecule has 0 aromatic carbocycles. The van der Waals surface area contributed by atoms with Gasteiger partial charge >= 0.3 is 0 Å². The highest BCUT2D eigenvalue weighted by molar-refractivity contribution is 4.81. The minimum atomic E-state index is -0.347. The van der Waals surface area contributed by atoms with Crippen LogP contribution >= 0.6 is 0 Å². The van der Waals surface area contributed by atoms with Gasteiger partial charge in [-0.2, -0.15) is 0 Å². The van der Waals surface area contributed by atoms with Crippen molar-refractivity contribution in [1.29, 1.82) is 0 Å². The third-order valence-corrected chi connectivity index (χ3v) is 9.43. The third-order valence-electron chi connectivity index (χ3n) is 9.43. The molecule has 0 aliphatic heterocycles. The number of ether oxygens (including phenoxy) is 1. The molecule has 0 saturated carbocycles. The molecule has 0 radical (unpaired) electrons. The summed E-state index contributed by atoms with van der Waals surface area (Å²) in [5, 5.41) is 10.5. The Kier molecular flexibility index (Phi) is 35.2. The van der Waals surface area contributed by atoms with Crippen molar-refractivity contribution in [2.24, 2.45) is 0 Å². The van der Waals surface area contributed by atoms with Crippen molar-refractivity contribution in [3.05, 3.63) is 12.2 Å². The van der Waals surface area contributed by atoms with E-state index in [0.29, 0.717) is 6.61 Å². The fourth-order valence-corrected chi connectivity index (χ4v) is 6.47. The molecule has 1 unspecified atom stereocenters. The maximum Gasteiger partial charge on any atom is 0.126 e. The summed E-state index contributed by atoms with van der Waals surface area (Å²) in [7, 11) is 4.52. The fraction of sp³-hybridized carbons (Fsp3) is 0.951. The summed E-state index contributed by atoms with van der Waals surface area (Å²) >= 11 is 0. The van der Waals surface area contributed by atoms with E-state index in [1.54, 1.807) is 0 Å². The van der Waals surface area contributed by atoms with Crippen LogP contribution in [0, 0.1) is 0 Å². The van der Waals surface area contributed by atoms with Gasteiger partial charge in [0.15, 0.2) is 0 Å². The first-order valence-electron chi connectivity index (χ1n) is 20.2. The lowest BCUT2D eigenvalue weighted by molar-refractivity contribution is -0.893. The maximum atomic E-state index is 10.5. The second kappa shape index (κ2) is 35.5. The summed E-state index contributed by atoms with van der Waals surface area (Å²) in [6, 6.07) is 0. The fourth-order valence-electron chi connectivity index (χ4n) is 6.47. The summed E-state index contributed by atoms with van der Waals surface area (Å²) in [5.74, 6) is 0. The molecule has 3 heteroatoms. The van der Waals surface area contributed by atoms with Gasteiger partial charge in [-0.05, 0) is 44.9 Å². The molecule has 1 atom stereocenters. The van der Waals surface area contributed by atoms with Crippen LogP contribution in [0.25, 0.3) is 0 Å². The number of rotatable bonds is 37. The topological polar surface area (TPSA) is 29.5 Å². The molecule has 0 aromatic heterocycles. The molecule has 3 nitrogen and oxygen atoms in total. The van der Waals surface area contributed by atoms with Crippen LogP contribution in [0.15, 0.2) is 12.2 Å². The van der Waals surface area contributed by atoms with E-state index in [9.17, 15) is 5.11 Å². The second-order valence-electron chi connectivity index (χ2n) is 14.8. The molecule has 0 rings (SSSR count). The van der Waals surface area contributed by atoms with Crippen molar-refractivity contribution in [2.75, 3.05) is 40.4 Å². The molecule has 44 heavy (non-hydrogen) atoms. The van der Waals surface area contributed by atoms with Crippen LogP contribution in [0.2, 0.25) is 0 Å². The molecule has 1 N–H and O–H groups in total. The molecule has 0 aromatic rings.